The van der Waals surface area contributed by atoms with Gasteiger partial charge in [-0.15, -0.1) is 0 Å². The molecule has 0 amide bonds. The van der Waals surface area contributed by atoms with Gasteiger partial charge in [-0.3, -0.25) is 0 Å². The van der Waals surface area contributed by atoms with E-state index in [4.69, 9.17) is 5.73 Å². The molecule has 0 saturated heterocycles. The zero-order chi connectivity index (χ0) is 15.2. The number of benzene rings is 1. The molecular weight excluding hydrogens is 262 g/mol. The van der Waals surface area contributed by atoms with E-state index >= 15 is 0 Å². The maximum absolute atomic E-state index is 5.80. The molecule has 0 spiro atoms. The average molecular weight is 285 g/mol. The molecule has 21 heavy (non-hydrogen) atoms. The summed E-state index contributed by atoms with van der Waals surface area (Å²) in [5.74, 6) is 1.89. The molecule has 0 bridgehead atoms. The molecule has 1 aromatic carbocycles. The van der Waals surface area contributed by atoms with Crippen LogP contribution >= 0.6 is 0 Å². The highest BCUT2D eigenvalue weighted by Gasteiger charge is 2.08. The van der Waals surface area contributed by atoms with Gasteiger partial charge in [0.1, 0.15) is 11.6 Å². The second-order valence-electron chi connectivity index (χ2n) is 5.18. The van der Waals surface area contributed by atoms with Crippen molar-refractivity contribution in [2.75, 3.05) is 29.5 Å². The van der Waals surface area contributed by atoms with E-state index in [0.29, 0.717) is 5.95 Å². The van der Waals surface area contributed by atoms with Gasteiger partial charge in [0.2, 0.25) is 5.95 Å². The Bertz CT molecular complexity index is 597. The number of hydrogen-bond acceptors (Lipinski definition) is 5. The number of nitrogen functional groups attached to an aromatic ring is 1. The van der Waals surface area contributed by atoms with E-state index in [-0.39, 0.29) is 0 Å². The van der Waals surface area contributed by atoms with Crippen molar-refractivity contribution < 1.29 is 0 Å². The smallest absolute Gasteiger partial charge is 0.223 e. The largest absolute Gasteiger partial charge is 0.370 e. The Morgan fingerprint density at radius 2 is 2.00 bits per heavy atom. The van der Waals surface area contributed by atoms with Crippen LogP contribution in [-0.2, 0) is 6.54 Å². The zero-order valence-electron chi connectivity index (χ0n) is 12.9. The van der Waals surface area contributed by atoms with E-state index in [2.05, 4.69) is 52.2 Å². The number of aromatic nitrogens is 2. The van der Waals surface area contributed by atoms with Crippen LogP contribution < -0.4 is 16.0 Å². The van der Waals surface area contributed by atoms with E-state index in [1.807, 2.05) is 19.2 Å². The van der Waals surface area contributed by atoms with Crippen LogP contribution in [0, 0.1) is 6.92 Å². The number of aryl methyl sites for hydroxylation is 1. The van der Waals surface area contributed by atoms with Gasteiger partial charge >= 0.3 is 0 Å². The molecule has 0 aliphatic heterocycles. The second-order valence-corrected chi connectivity index (χ2v) is 5.18. The van der Waals surface area contributed by atoms with Crippen LogP contribution in [0.4, 0.5) is 17.6 Å². The Labute approximate surface area is 126 Å². The Balaban J connectivity index is 2.16. The SMILES string of the molecule is CCCNc1cc(N(C)Cc2ccccc2C)nc(N)n1. The number of nitrogens with two attached hydrogens (primary N) is 1. The van der Waals surface area contributed by atoms with Crippen molar-refractivity contribution in [3.05, 3.63) is 41.5 Å². The molecule has 0 aliphatic rings. The Kier molecular flexibility index (Phi) is 4.98. The van der Waals surface area contributed by atoms with Gasteiger partial charge in [-0.05, 0) is 24.5 Å². The lowest BCUT2D eigenvalue weighted by molar-refractivity contribution is 0.885. The van der Waals surface area contributed by atoms with Gasteiger partial charge in [-0.1, -0.05) is 31.2 Å². The molecule has 2 aromatic rings. The van der Waals surface area contributed by atoms with Gasteiger partial charge in [0.25, 0.3) is 0 Å². The first-order valence-corrected chi connectivity index (χ1v) is 7.24. The van der Waals surface area contributed by atoms with Gasteiger partial charge in [0.05, 0.1) is 0 Å². The summed E-state index contributed by atoms with van der Waals surface area (Å²) in [7, 11) is 2.01. The van der Waals surface area contributed by atoms with Crippen LogP contribution in [0.25, 0.3) is 0 Å². The van der Waals surface area contributed by atoms with Crippen LogP contribution in [0.3, 0.4) is 0 Å². The number of nitrogens with zero attached hydrogens (tertiary/aromatic N) is 3. The topological polar surface area (TPSA) is 67.1 Å². The third-order valence-corrected chi connectivity index (χ3v) is 3.35. The average Bonchev–Trinajstić information content (AvgIpc) is 2.47. The van der Waals surface area contributed by atoms with Crippen molar-refractivity contribution in [1.82, 2.24) is 9.97 Å². The Morgan fingerprint density at radius 1 is 1.24 bits per heavy atom. The van der Waals surface area contributed by atoms with E-state index in [9.17, 15) is 0 Å². The minimum atomic E-state index is 0.294. The van der Waals surface area contributed by atoms with Gasteiger partial charge in [0.15, 0.2) is 0 Å². The van der Waals surface area contributed by atoms with Crippen molar-refractivity contribution in [1.29, 1.82) is 0 Å². The van der Waals surface area contributed by atoms with Crippen molar-refractivity contribution in [3.8, 4) is 0 Å². The Morgan fingerprint density at radius 3 is 2.71 bits per heavy atom. The normalized spacial score (nSPS) is 10.4. The molecule has 0 saturated carbocycles. The molecule has 5 nitrogen and oxygen atoms in total. The molecule has 5 heteroatoms. The predicted molar refractivity (Wildman–Crippen MR) is 88.5 cm³/mol. The molecule has 0 fully saturated rings. The fourth-order valence-electron chi connectivity index (χ4n) is 2.12. The summed E-state index contributed by atoms with van der Waals surface area (Å²) in [6.45, 7) is 5.89. The molecule has 1 aromatic heterocycles. The summed E-state index contributed by atoms with van der Waals surface area (Å²) < 4.78 is 0. The van der Waals surface area contributed by atoms with Crippen molar-refractivity contribution in [3.63, 3.8) is 0 Å². The number of hydrogen-bond donors (Lipinski definition) is 2. The lowest BCUT2D eigenvalue weighted by Crippen LogP contribution is -2.19. The monoisotopic (exact) mass is 285 g/mol. The summed E-state index contributed by atoms with van der Waals surface area (Å²) in [5, 5.41) is 3.25. The highest BCUT2D eigenvalue weighted by atomic mass is 15.2. The first kappa shape index (κ1) is 15.1. The summed E-state index contributed by atoms with van der Waals surface area (Å²) in [4.78, 5) is 10.6. The summed E-state index contributed by atoms with van der Waals surface area (Å²) in [5.41, 5.74) is 8.36. The van der Waals surface area contributed by atoms with Gasteiger partial charge < -0.3 is 16.0 Å². The molecule has 0 radical (unpaired) electrons. The minimum Gasteiger partial charge on any atom is -0.370 e. The quantitative estimate of drug-likeness (QED) is 0.854. The number of nitrogens with one attached hydrogen (secondary N) is 1. The Hall–Kier alpha value is -2.30. The van der Waals surface area contributed by atoms with E-state index in [1.165, 1.54) is 11.1 Å². The second kappa shape index (κ2) is 6.92. The van der Waals surface area contributed by atoms with Crippen LogP contribution in [0.1, 0.15) is 24.5 Å². The van der Waals surface area contributed by atoms with Gasteiger partial charge in [0, 0.05) is 26.2 Å². The van der Waals surface area contributed by atoms with Gasteiger partial charge in [-0.25, -0.2) is 0 Å². The summed E-state index contributed by atoms with van der Waals surface area (Å²) in [6.07, 6.45) is 1.04. The van der Waals surface area contributed by atoms with Crippen LogP contribution in [-0.4, -0.2) is 23.6 Å². The summed E-state index contributed by atoms with van der Waals surface area (Å²) in [6, 6.07) is 10.3. The molecular formula is C16H23N5. The lowest BCUT2D eigenvalue weighted by Gasteiger charge is -2.20. The fraction of sp³-hybridized carbons (Fsp3) is 0.375. The number of anilines is 3. The van der Waals surface area contributed by atoms with Crippen LogP contribution in [0.15, 0.2) is 30.3 Å². The minimum absolute atomic E-state index is 0.294. The molecule has 0 atom stereocenters. The standard InChI is InChI=1S/C16H23N5/c1-4-9-18-14-10-15(20-16(17)19-14)21(3)11-13-8-6-5-7-12(13)2/h5-8,10H,4,9,11H2,1-3H3,(H3,17,18,19,20). The highest BCUT2D eigenvalue weighted by molar-refractivity contribution is 5.52. The third-order valence-electron chi connectivity index (χ3n) is 3.35. The van der Waals surface area contributed by atoms with E-state index in [0.717, 1.165) is 31.1 Å². The van der Waals surface area contributed by atoms with Crippen molar-refractivity contribution in [2.24, 2.45) is 0 Å². The molecule has 2 rings (SSSR count). The molecule has 3 N–H and O–H groups in total. The first-order valence-electron chi connectivity index (χ1n) is 7.24. The van der Waals surface area contributed by atoms with Crippen LogP contribution in [0.2, 0.25) is 0 Å². The van der Waals surface area contributed by atoms with E-state index in [1.54, 1.807) is 0 Å². The van der Waals surface area contributed by atoms with E-state index < -0.39 is 0 Å². The highest BCUT2D eigenvalue weighted by Crippen LogP contribution is 2.19. The lowest BCUT2D eigenvalue weighted by atomic mass is 10.1. The molecule has 112 valence electrons. The number of rotatable bonds is 6. The maximum atomic E-state index is 5.80. The first-order chi connectivity index (χ1) is 10.1. The maximum Gasteiger partial charge on any atom is 0.223 e. The van der Waals surface area contributed by atoms with Crippen LogP contribution in [0.5, 0.6) is 0 Å². The predicted octanol–water partition coefficient (Wildman–Crippen LogP) is 2.83. The van der Waals surface area contributed by atoms with Crippen molar-refractivity contribution >= 4 is 17.6 Å². The molecule has 1 heterocycles. The fourth-order valence-corrected chi connectivity index (χ4v) is 2.12. The third kappa shape index (κ3) is 4.08. The summed E-state index contributed by atoms with van der Waals surface area (Å²) >= 11 is 0. The molecule has 0 unspecified atom stereocenters. The molecule has 0 aliphatic carbocycles. The van der Waals surface area contributed by atoms with Crippen molar-refractivity contribution in [2.45, 2.75) is 26.8 Å². The zero-order valence-corrected chi connectivity index (χ0v) is 12.9. The van der Waals surface area contributed by atoms with Gasteiger partial charge in [-0.2, -0.15) is 9.97 Å².